The highest BCUT2D eigenvalue weighted by atomic mass is 127. The molecule has 2 N–H and O–H groups in total. The number of methoxy groups -OCH3 is 1. The number of piperidine rings is 1. The van der Waals surface area contributed by atoms with Crippen LogP contribution >= 0.6 is 24.0 Å². The molecule has 0 bridgehead atoms. The highest BCUT2D eigenvalue weighted by molar-refractivity contribution is 14.0. The van der Waals surface area contributed by atoms with Crippen molar-refractivity contribution in [1.29, 1.82) is 0 Å². The standard InChI is InChI=1S/C17H27N3O2.HI/c1-4-18-17(20-9-7-13(2)8-10-20)19-12-14-11-15(22-3)5-6-16(14)21;/h5-6,11,13,21H,4,7-10,12H2,1-3H3,(H,18,19);1H. The van der Waals surface area contributed by atoms with E-state index in [1.54, 1.807) is 19.2 Å². The molecular formula is C17H28IN3O2. The Labute approximate surface area is 156 Å². The van der Waals surface area contributed by atoms with Gasteiger partial charge in [-0.05, 0) is 43.9 Å². The van der Waals surface area contributed by atoms with Crippen molar-refractivity contribution in [2.24, 2.45) is 10.9 Å². The van der Waals surface area contributed by atoms with Gasteiger partial charge in [-0.25, -0.2) is 4.99 Å². The monoisotopic (exact) mass is 433 g/mol. The van der Waals surface area contributed by atoms with Crippen LogP contribution in [0.5, 0.6) is 11.5 Å². The fourth-order valence-corrected chi connectivity index (χ4v) is 2.62. The summed E-state index contributed by atoms with van der Waals surface area (Å²) in [5, 5.41) is 13.3. The fraction of sp³-hybridized carbons (Fsp3) is 0.588. The molecule has 0 amide bonds. The van der Waals surface area contributed by atoms with Crippen molar-refractivity contribution in [2.75, 3.05) is 26.7 Å². The number of likely N-dealkylation sites (tertiary alicyclic amines) is 1. The van der Waals surface area contributed by atoms with E-state index in [-0.39, 0.29) is 29.7 Å². The maximum atomic E-state index is 9.96. The molecule has 1 aliphatic rings. The van der Waals surface area contributed by atoms with Crippen LogP contribution in [-0.2, 0) is 6.54 Å². The van der Waals surface area contributed by atoms with Gasteiger partial charge in [-0.15, -0.1) is 24.0 Å². The summed E-state index contributed by atoms with van der Waals surface area (Å²) in [5.74, 6) is 2.71. The first-order chi connectivity index (χ1) is 10.6. The lowest BCUT2D eigenvalue weighted by atomic mass is 10.00. The summed E-state index contributed by atoms with van der Waals surface area (Å²) in [6.45, 7) is 7.74. The highest BCUT2D eigenvalue weighted by Crippen LogP contribution is 2.24. The molecule has 1 aromatic rings. The third-order valence-electron chi connectivity index (χ3n) is 4.10. The van der Waals surface area contributed by atoms with E-state index < -0.39 is 0 Å². The van der Waals surface area contributed by atoms with Crippen LogP contribution in [0.4, 0.5) is 0 Å². The van der Waals surface area contributed by atoms with Gasteiger partial charge in [0.05, 0.1) is 13.7 Å². The minimum absolute atomic E-state index is 0. The van der Waals surface area contributed by atoms with Gasteiger partial charge in [-0.1, -0.05) is 6.92 Å². The number of phenolic OH excluding ortho intramolecular Hbond substituents is 1. The second-order valence-corrected chi connectivity index (χ2v) is 5.83. The van der Waals surface area contributed by atoms with Crippen LogP contribution in [0.2, 0.25) is 0 Å². The Morgan fingerprint density at radius 1 is 1.39 bits per heavy atom. The Bertz CT molecular complexity index is 515. The number of hydrogen-bond acceptors (Lipinski definition) is 3. The molecule has 1 aromatic carbocycles. The van der Waals surface area contributed by atoms with Crippen molar-refractivity contribution in [3.05, 3.63) is 23.8 Å². The van der Waals surface area contributed by atoms with Crippen LogP contribution in [0.25, 0.3) is 0 Å². The van der Waals surface area contributed by atoms with E-state index in [0.29, 0.717) is 6.54 Å². The maximum Gasteiger partial charge on any atom is 0.194 e. The molecule has 0 aliphatic carbocycles. The van der Waals surface area contributed by atoms with Gasteiger partial charge in [0.2, 0.25) is 0 Å². The predicted molar refractivity (Wildman–Crippen MR) is 105 cm³/mol. The number of nitrogens with zero attached hydrogens (tertiary/aromatic N) is 2. The van der Waals surface area contributed by atoms with Crippen LogP contribution in [0.15, 0.2) is 23.2 Å². The van der Waals surface area contributed by atoms with Crippen molar-refractivity contribution in [1.82, 2.24) is 10.2 Å². The molecular weight excluding hydrogens is 405 g/mol. The molecule has 0 atom stereocenters. The Balaban J connectivity index is 0.00000264. The number of aliphatic imine (C=N–C) groups is 1. The Hall–Kier alpha value is -1.18. The van der Waals surface area contributed by atoms with Crippen LogP contribution in [0, 0.1) is 5.92 Å². The van der Waals surface area contributed by atoms with E-state index in [1.165, 1.54) is 12.8 Å². The van der Waals surface area contributed by atoms with E-state index >= 15 is 0 Å². The highest BCUT2D eigenvalue weighted by Gasteiger charge is 2.18. The van der Waals surface area contributed by atoms with Gasteiger partial charge in [0.15, 0.2) is 5.96 Å². The Morgan fingerprint density at radius 3 is 2.70 bits per heavy atom. The van der Waals surface area contributed by atoms with Gasteiger partial charge < -0.3 is 20.1 Å². The summed E-state index contributed by atoms with van der Waals surface area (Å²) in [4.78, 5) is 6.99. The fourth-order valence-electron chi connectivity index (χ4n) is 2.62. The van der Waals surface area contributed by atoms with Gasteiger partial charge in [-0.2, -0.15) is 0 Å². The maximum absolute atomic E-state index is 9.96. The molecule has 0 unspecified atom stereocenters. The zero-order chi connectivity index (χ0) is 15.9. The summed E-state index contributed by atoms with van der Waals surface area (Å²) in [5.41, 5.74) is 0.778. The molecule has 0 spiro atoms. The summed E-state index contributed by atoms with van der Waals surface area (Å²) >= 11 is 0. The zero-order valence-electron chi connectivity index (χ0n) is 14.2. The second-order valence-electron chi connectivity index (χ2n) is 5.83. The molecule has 1 heterocycles. The number of guanidine groups is 1. The van der Waals surface area contributed by atoms with Crippen molar-refractivity contribution < 1.29 is 9.84 Å². The molecule has 2 rings (SSSR count). The average molecular weight is 433 g/mol. The molecule has 0 saturated carbocycles. The molecule has 23 heavy (non-hydrogen) atoms. The quantitative estimate of drug-likeness (QED) is 0.435. The molecule has 130 valence electrons. The third kappa shape index (κ3) is 5.75. The molecule has 0 radical (unpaired) electrons. The molecule has 0 aromatic heterocycles. The zero-order valence-corrected chi connectivity index (χ0v) is 16.5. The van der Waals surface area contributed by atoms with E-state index in [0.717, 1.165) is 42.8 Å². The Kier molecular flexibility index (Phi) is 8.51. The normalized spacial score (nSPS) is 16.0. The van der Waals surface area contributed by atoms with Crippen LogP contribution in [-0.4, -0.2) is 42.7 Å². The lowest BCUT2D eigenvalue weighted by Gasteiger charge is -2.33. The largest absolute Gasteiger partial charge is 0.508 e. The van der Waals surface area contributed by atoms with Gasteiger partial charge in [0.25, 0.3) is 0 Å². The first kappa shape index (κ1) is 19.9. The summed E-state index contributed by atoms with van der Waals surface area (Å²) in [7, 11) is 1.62. The number of aromatic hydroxyl groups is 1. The summed E-state index contributed by atoms with van der Waals surface area (Å²) < 4.78 is 5.21. The predicted octanol–water partition coefficient (Wildman–Crippen LogP) is 3.22. The lowest BCUT2D eigenvalue weighted by molar-refractivity contribution is 0.273. The van der Waals surface area contributed by atoms with Crippen molar-refractivity contribution >= 4 is 29.9 Å². The Morgan fingerprint density at radius 2 is 2.09 bits per heavy atom. The minimum Gasteiger partial charge on any atom is -0.508 e. The van der Waals surface area contributed by atoms with Crippen molar-refractivity contribution in [3.8, 4) is 11.5 Å². The molecule has 1 aliphatic heterocycles. The van der Waals surface area contributed by atoms with Crippen LogP contribution in [0.3, 0.4) is 0 Å². The van der Waals surface area contributed by atoms with E-state index in [1.807, 2.05) is 6.07 Å². The first-order valence-corrected chi connectivity index (χ1v) is 8.03. The van der Waals surface area contributed by atoms with Crippen molar-refractivity contribution in [2.45, 2.75) is 33.2 Å². The van der Waals surface area contributed by atoms with E-state index in [2.05, 4.69) is 29.1 Å². The second kappa shape index (κ2) is 9.85. The van der Waals surface area contributed by atoms with Crippen LogP contribution < -0.4 is 10.1 Å². The van der Waals surface area contributed by atoms with Gasteiger partial charge in [-0.3, -0.25) is 0 Å². The summed E-state index contributed by atoms with van der Waals surface area (Å²) in [6.07, 6.45) is 2.41. The number of nitrogens with one attached hydrogen (secondary N) is 1. The molecule has 6 heteroatoms. The van der Waals surface area contributed by atoms with Gasteiger partial charge in [0, 0.05) is 25.2 Å². The third-order valence-corrected chi connectivity index (χ3v) is 4.10. The van der Waals surface area contributed by atoms with E-state index in [4.69, 9.17) is 4.74 Å². The van der Waals surface area contributed by atoms with Gasteiger partial charge in [0.1, 0.15) is 11.5 Å². The molecule has 1 saturated heterocycles. The summed E-state index contributed by atoms with van der Waals surface area (Å²) in [6, 6.07) is 5.24. The number of halogens is 1. The van der Waals surface area contributed by atoms with Crippen LogP contribution in [0.1, 0.15) is 32.3 Å². The number of rotatable bonds is 4. The number of benzene rings is 1. The number of ether oxygens (including phenoxy) is 1. The minimum atomic E-state index is 0. The average Bonchev–Trinajstić information content (AvgIpc) is 2.53. The lowest BCUT2D eigenvalue weighted by Crippen LogP contribution is -2.45. The van der Waals surface area contributed by atoms with Gasteiger partial charge >= 0.3 is 0 Å². The SMILES string of the molecule is CCNC(=NCc1cc(OC)ccc1O)N1CCC(C)CC1.I. The molecule has 5 nitrogen and oxygen atoms in total. The van der Waals surface area contributed by atoms with Crippen molar-refractivity contribution in [3.63, 3.8) is 0 Å². The first-order valence-electron chi connectivity index (χ1n) is 8.03. The number of phenols is 1. The number of hydrogen-bond donors (Lipinski definition) is 2. The van der Waals surface area contributed by atoms with E-state index in [9.17, 15) is 5.11 Å². The topological polar surface area (TPSA) is 57.1 Å². The smallest absolute Gasteiger partial charge is 0.194 e. The molecule has 1 fully saturated rings.